The molecule has 3 aliphatic rings. The first-order valence-corrected chi connectivity index (χ1v) is 9.73. The van der Waals surface area contributed by atoms with Crippen molar-refractivity contribution in [3.05, 3.63) is 23.8 Å². The van der Waals surface area contributed by atoms with Crippen LogP contribution >= 0.6 is 0 Å². The molecule has 2 heterocycles. The highest BCUT2D eigenvalue weighted by atomic mass is 16.7. The van der Waals surface area contributed by atoms with E-state index < -0.39 is 11.9 Å². The van der Waals surface area contributed by atoms with Crippen LogP contribution in [0.3, 0.4) is 0 Å². The lowest BCUT2D eigenvalue weighted by atomic mass is 9.80. The normalized spacial score (nSPS) is 24.1. The zero-order valence-corrected chi connectivity index (χ0v) is 15.6. The number of fused-ring (bicyclic) bond motifs is 1. The van der Waals surface area contributed by atoms with Crippen molar-refractivity contribution in [3.8, 4) is 11.5 Å². The van der Waals surface area contributed by atoms with Gasteiger partial charge in [-0.25, -0.2) is 0 Å². The number of benzene rings is 1. The Morgan fingerprint density at radius 2 is 1.61 bits per heavy atom. The predicted octanol–water partition coefficient (Wildman–Crippen LogP) is 1.59. The first-order valence-electron chi connectivity index (χ1n) is 9.73. The van der Waals surface area contributed by atoms with Crippen LogP contribution in [0.1, 0.15) is 36.0 Å². The molecule has 2 fully saturated rings. The van der Waals surface area contributed by atoms with Gasteiger partial charge in [-0.05, 0) is 37.5 Å². The van der Waals surface area contributed by atoms with E-state index in [0.29, 0.717) is 56.1 Å². The third-order valence-electron chi connectivity index (χ3n) is 5.87. The fourth-order valence-corrected chi connectivity index (χ4v) is 4.24. The molecule has 2 unspecified atom stereocenters. The van der Waals surface area contributed by atoms with E-state index in [1.807, 2.05) is 0 Å². The van der Waals surface area contributed by atoms with Gasteiger partial charge in [-0.15, -0.1) is 0 Å². The molecule has 1 aromatic carbocycles. The molecule has 2 amide bonds. The molecule has 8 nitrogen and oxygen atoms in total. The molecule has 1 aliphatic carbocycles. The molecule has 2 atom stereocenters. The van der Waals surface area contributed by atoms with Crippen molar-refractivity contribution in [2.45, 2.75) is 25.7 Å². The lowest BCUT2D eigenvalue weighted by Gasteiger charge is -2.37. The SMILES string of the molecule is O=C(O)C1CCCC(C(=O)N2CCN(C(=O)c3ccc4c(c3)OCO4)CC2)C1. The Morgan fingerprint density at radius 1 is 0.929 bits per heavy atom. The molecule has 1 N–H and O–H groups in total. The van der Waals surface area contributed by atoms with Crippen molar-refractivity contribution in [2.24, 2.45) is 11.8 Å². The van der Waals surface area contributed by atoms with Crippen molar-refractivity contribution < 1.29 is 29.0 Å². The Hall–Kier alpha value is -2.77. The van der Waals surface area contributed by atoms with Gasteiger partial charge in [0.1, 0.15) is 0 Å². The van der Waals surface area contributed by atoms with Gasteiger partial charge < -0.3 is 24.4 Å². The maximum absolute atomic E-state index is 12.8. The third-order valence-corrected chi connectivity index (χ3v) is 5.87. The predicted molar refractivity (Wildman–Crippen MR) is 98.1 cm³/mol. The van der Waals surface area contributed by atoms with Crippen molar-refractivity contribution in [2.75, 3.05) is 33.0 Å². The maximum atomic E-state index is 12.8. The number of aliphatic carboxylic acids is 1. The number of piperazine rings is 1. The van der Waals surface area contributed by atoms with Gasteiger partial charge in [-0.1, -0.05) is 6.42 Å². The van der Waals surface area contributed by atoms with Crippen LogP contribution in [0.25, 0.3) is 0 Å². The number of rotatable bonds is 3. The van der Waals surface area contributed by atoms with Gasteiger partial charge in [-0.2, -0.15) is 0 Å². The van der Waals surface area contributed by atoms with Crippen LogP contribution in [0.5, 0.6) is 11.5 Å². The van der Waals surface area contributed by atoms with E-state index in [4.69, 9.17) is 9.47 Å². The minimum atomic E-state index is -0.809. The molecule has 2 aliphatic heterocycles. The molecule has 1 aromatic rings. The second kappa shape index (κ2) is 7.69. The minimum absolute atomic E-state index is 0.0288. The number of ether oxygens (including phenoxy) is 2. The summed E-state index contributed by atoms with van der Waals surface area (Å²) in [5.74, 6) is -0.293. The molecular formula is C20H24N2O6. The number of hydrogen-bond acceptors (Lipinski definition) is 5. The number of carboxylic acids is 1. The highest BCUT2D eigenvalue weighted by Gasteiger charge is 2.35. The van der Waals surface area contributed by atoms with E-state index in [2.05, 4.69) is 0 Å². The smallest absolute Gasteiger partial charge is 0.306 e. The topological polar surface area (TPSA) is 96.4 Å². The number of nitrogens with zero attached hydrogens (tertiary/aromatic N) is 2. The van der Waals surface area contributed by atoms with E-state index in [1.165, 1.54) is 0 Å². The van der Waals surface area contributed by atoms with Crippen LogP contribution in [0.15, 0.2) is 18.2 Å². The average molecular weight is 388 g/mol. The van der Waals surface area contributed by atoms with E-state index in [1.54, 1.807) is 28.0 Å². The van der Waals surface area contributed by atoms with Gasteiger partial charge in [0.15, 0.2) is 11.5 Å². The Morgan fingerprint density at radius 3 is 2.36 bits per heavy atom. The molecule has 28 heavy (non-hydrogen) atoms. The largest absolute Gasteiger partial charge is 0.481 e. The Labute approximate surface area is 163 Å². The fraction of sp³-hybridized carbons (Fsp3) is 0.550. The van der Waals surface area contributed by atoms with Gasteiger partial charge in [0, 0.05) is 37.7 Å². The van der Waals surface area contributed by atoms with Crippen LogP contribution in [0.2, 0.25) is 0 Å². The summed E-state index contributed by atoms with van der Waals surface area (Å²) in [6.07, 6.45) is 2.59. The first-order chi connectivity index (χ1) is 13.5. The van der Waals surface area contributed by atoms with Gasteiger partial charge in [-0.3, -0.25) is 14.4 Å². The van der Waals surface area contributed by atoms with E-state index in [9.17, 15) is 19.5 Å². The van der Waals surface area contributed by atoms with Gasteiger partial charge >= 0.3 is 5.97 Å². The zero-order chi connectivity index (χ0) is 19.7. The number of carbonyl (C=O) groups is 3. The Bertz CT molecular complexity index is 787. The summed E-state index contributed by atoms with van der Waals surface area (Å²) < 4.78 is 10.6. The summed E-state index contributed by atoms with van der Waals surface area (Å²) in [5.41, 5.74) is 0.542. The fourth-order valence-electron chi connectivity index (χ4n) is 4.24. The second-order valence-corrected chi connectivity index (χ2v) is 7.58. The van der Waals surface area contributed by atoms with Crippen molar-refractivity contribution in [1.82, 2.24) is 9.80 Å². The second-order valence-electron chi connectivity index (χ2n) is 7.58. The molecule has 0 bridgehead atoms. The quantitative estimate of drug-likeness (QED) is 0.845. The van der Waals surface area contributed by atoms with Crippen LogP contribution in [0.4, 0.5) is 0 Å². The molecule has 0 spiro atoms. The molecule has 1 saturated carbocycles. The number of amides is 2. The van der Waals surface area contributed by atoms with E-state index in [-0.39, 0.29) is 24.5 Å². The Balaban J connectivity index is 1.33. The molecule has 8 heteroatoms. The summed E-state index contributed by atoms with van der Waals surface area (Å²) in [7, 11) is 0. The van der Waals surface area contributed by atoms with Crippen LogP contribution < -0.4 is 9.47 Å². The van der Waals surface area contributed by atoms with Crippen molar-refractivity contribution in [3.63, 3.8) is 0 Å². The van der Waals surface area contributed by atoms with Crippen LogP contribution in [-0.4, -0.2) is 65.7 Å². The maximum Gasteiger partial charge on any atom is 0.306 e. The summed E-state index contributed by atoms with van der Waals surface area (Å²) in [4.78, 5) is 40.3. The molecule has 0 aromatic heterocycles. The monoisotopic (exact) mass is 388 g/mol. The summed E-state index contributed by atoms with van der Waals surface area (Å²) >= 11 is 0. The van der Waals surface area contributed by atoms with Gasteiger partial charge in [0.2, 0.25) is 12.7 Å². The average Bonchev–Trinajstić information content (AvgIpc) is 3.20. The van der Waals surface area contributed by atoms with E-state index >= 15 is 0 Å². The zero-order valence-electron chi connectivity index (χ0n) is 15.6. The summed E-state index contributed by atoms with van der Waals surface area (Å²) in [6, 6.07) is 5.15. The standard InChI is InChI=1S/C20H24N2O6/c23-18(13-2-1-3-15(10-13)20(25)26)21-6-8-22(9-7-21)19(24)14-4-5-16-17(11-14)28-12-27-16/h4-5,11,13,15H,1-3,6-10,12H2,(H,25,26). The molecule has 150 valence electrons. The highest BCUT2D eigenvalue weighted by molar-refractivity contribution is 5.95. The van der Waals surface area contributed by atoms with Crippen LogP contribution in [-0.2, 0) is 9.59 Å². The molecule has 1 saturated heterocycles. The molecule has 0 radical (unpaired) electrons. The molecule has 4 rings (SSSR count). The first kappa shape index (κ1) is 18.6. The number of carboxylic acid groups (broad SMARTS) is 1. The third kappa shape index (κ3) is 3.63. The molecular weight excluding hydrogens is 364 g/mol. The van der Waals surface area contributed by atoms with Crippen molar-refractivity contribution in [1.29, 1.82) is 0 Å². The number of hydrogen-bond donors (Lipinski definition) is 1. The lowest BCUT2D eigenvalue weighted by molar-refractivity contribution is -0.146. The minimum Gasteiger partial charge on any atom is -0.481 e. The summed E-state index contributed by atoms with van der Waals surface area (Å²) in [6.45, 7) is 2.05. The summed E-state index contributed by atoms with van der Waals surface area (Å²) in [5, 5.41) is 9.22. The lowest BCUT2D eigenvalue weighted by Crippen LogP contribution is -2.52. The Kier molecular flexibility index (Phi) is 5.11. The number of carbonyl (C=O) groups excluding carboxylic acids is 2. The highest BCUT2D eigenvalue weighted by Crippen LogP contribution is 2.33. The van der Waals surface area contributed by atoms with Crippen molar-refractivity contribution >= 4 is 17.8 Å². The van der Waals surface area contributed by atoms with E-state index in [0.717, 1.165) is 12.8 Å². The van der Waals surface area contributed by atoms with Gasteiger partial charge in [0.25, 0.3) is 5.91 Å². The van der Waals surface area contributed by atoms with Gasteiger partial charge in [0.05, 0.1) is 5.92 Å². The van der Waals surface area contributed by atoms with Crippen LogP contribution in [0, 0.1) is 11.8 Å².